The third kappa shape index (κ3) is 6.08. The number of nitrogens with zero attached hydrogens (tertiary/aromatic N) is 3. The quantitative estimate of drug-likeness (QED) is 0.495. The summed E-state index contributed by atoms with van der Waals surface area (Å²) in [6.07, 6.45) is 0.103. The number of amides is 2. The number of anilines is 2. The van der Waals surface area contributed by atoms with Gasteiger partial charge in [-0.2, -0.15) is 0 Å². The molecular formula is C22H25N5O3S. The highest BCUT2D eigenvalue weighted by Crippen LogP contribution is 2.20. The standard InChI is InChI=1S/C22H25N5O3S/c1-4-27-19(13-20(28)24-18-11-6-5-8-15(18)2)25-26-22(27)31-14-21(29)23-16-9-7-10-17(12-16)30-3/h5-12H,4,13-14H2,1-3H3,(H,23,29)(H,24,28). The Morgan fingerprint density at radius 1 is 1.06 bits per heavy atom. The maximum Gasteiger partial charge on any atom is 0.234 e. The molecule has 8 nitrogen and oxygen atoms in total. The molecular weight excluding hydrogens is 414 g/mol. The molecule has 2 N–H and O–H groups in total. The number of hydrogen-bond acceptors (Lipinski definition) is 6. The molecule has 31 heavy (non-hydrogen) atoms. The van der Waals surface area contributed by atoms with Crippen LogP contribution in [0.1, 0.15) is 18.3 Å². The molecule has 3 aromatic rings. The summed E-state index contributed by atoms with van der Waals surface area (Å²) in [5.41, 5.74) is 2.43. The second-order valence-corrected chi connectivity index (χ2v) is 7.69. The van der Waals surface area contributed by atoms with Gasteiger partial charge in [-0.1, -0.05) is 36.0 Å². The van der Waals surface area contributed by atoms with E-state index >= 15 is 0 Å². The minimum atomic E-state index is -0.164. The van der Waals surface area contributed by atoms with Crippen LogP contribution in [0.3, 0.4) is 0 Å². The number of para-hydroxylation sites is 1. The number of carbonyl (C=O) groups is 2. The number of ether oxygens (including phenoxy) is 1. The molecule has 0 aliphatic heterocycles. The third-order valence-electron chi connectivity index (χ3n) is 4.53. The van der Waals surface area contributed by atoms with Crippen LogP contribution in [0.25, 0.3) is 0 Å². The van der Waals surface area contributed by atoms with Crippen molar-refractivity contribution in [2.45, 2.75) is 32.0 Å². The molecule has 0 aliphatic rings. The van der Waals surface area contributed by atoms with Crippen LogP contribution in [0.2, 0.25) is 0 Å². The van der Waals surface area contributed by atoms with Gasteiger partial charge in [-0.25, -0.2) is 0 Å². The number of rotatable bonds is 9. The zero-order chi connectivity index (χ0) is 22.2. The van der Waals surface area contributed by atoms with E-state index in [1.165, 1.54) is 11.8 Å². The maximum absolute atomic E-state index is 12.5. The number of carbonyl (C=O) groups excluding carboxylic acids is 2. The van der Waals surface area contributed by atoms with Gasteiger partial charge < -0.3 is 19.9 Å². The lowest BCUT2D eigenvalue weighted by Crippen LogP contribution is -2.18. The van der Waals surface area contributed by atoms with E-state index in [2.05, 4.69) is 20.8 Å². The van der Waals surface area contributed by atoms with Gasteiger partial charge in [0.2, 0.25) is 11.8 Å². The summed E-state index contributed by atoms with van der Waals surface area (Å²) in [5.74, 6) is 1.07. The highest BCUT2D eigenvalue weighted by Gasteiger charge is 2.16. The molecule has 0 unspecified atom stereocenters. The Morgan fingerprint density at radius 2 is 1.87 bits per heavy atom. The lowest BCUT2D eigenvalue weighted by Gasteiger charge is -2.10. The van der Waals surface area contributed by atoms with E-state index in [1.54, 1.807) is 19.2 Å². The van der Waals surface area contributed by atoms with E-state index in [4.69, 9.17) is 4.74 Å². The van der Waals surface area contributed by atoms with Crippen molar-refractivity contribution in [2.75, 3.05) is 23.5 Å². The fourth-order valence-corrected chi connectivity index (χ4v) is 3.77. The summed E-state index contributed by atoms with van der Waals surface area (Å²) >= 11 is 1.28. The Bertz CT molecular complexity index is 1070. The van der Waals surface area contributed by atoms with Gasteiger partial charge in [-0.3, -0.25) is 9.59 Å². The average Bonchev–Trinajstić information content (AvgIpc) is 3.15. The number of aromatic nitrogens is 3. The summed E-state index contributed by atoms with van der Waals surface area (Å²) < 4.78 is 7.01. The Kier molecular flexibility index (Phi) is 7.66. The predicted molar refractivity (Wildman–Crippen MR) is 122 cm³/mol. The number of thioether (sulfide) groups is 1. The van der Waals surface area contributed by atoms with Gasteiger partial charge in [-0.05, 0) is 37.6 Å². The van der Waals surface area contributed by atoms with E-state index in [9.17, 15) is 9.59 Å². The van der Waals surface area contributed by atoms with E-state index in [0.29, 0.717) is 29.0 Å². The van der Waals surface area contributed by atoms with Crippen molar-refractivity contribution < 1.29 is 14.3 Å². The van der Waals surface area contributed by atoms with E-state index < -0.39 is 0 Å². The van der Waals surface area contributed by atoms with Gasteiger partial charge in [0, 0.05) is 24.0 Å². The van der Waals surface area contributed by atoms with E-state index in [-0.39, 0.29) is 24.0 Å². The average molecular weight is 440 g/mol. The third-order valence-corrected chi connectivity index (χ3v) is 5.50. The summed E-state index contributed by atoms with van der Waals surface area (Å²) in [5, 5.41) is 14.7. The van der Waals surface area contributed by atoms with Gasteiger partial charge in [0.15, 0.2) is 5.16 Å². The van der Waals surface area contributed by atoms with Gasteiger partial charge >= 0.3 is 0 Å². The molecule has 1 aromatic heterocycles. The zero-order valence-electron chi connectivity index (χ0n) is 17.7. The second-order valence-electron chi connectivity index (χ2n) is 6.75. The first-order valence-corrected chi connectivity index (χ1v) is 10.8. The fraction of sp³-hybridized carbons (Fsp3) is 0.273. The Balaban J connectivity index is 1.58. The van der Waals surface area contributed by atoms with Crippen molar-refractivity contribution in [3.05, 3.63) is 59.9 Å². The van der Waals surface area contributed by atoms with Crippen LogP contribution in [-0.2, 0) is 22.6 Å². The van der Waals surface area contributed by atoms with Gasteiger partial charge in [0.05, 0.1) is 19.3 Å². The Hall–Kier alpha value is -3.33. The zero-order valence-corrected chi connectivity index (χ0v) is 18.5. The van der Waals surface area contributed by atoms with Crippen molar-refractivity contribution in [3.63, 3.8) is 0 Å². The normalized spacial score (nSPS) is 10.5. The monoisotopic (exact) mass is 439 g/mol. The van der Waals surface area contributed by atoms with Crippen LogP contribution in [0.4, 0.5) is 11.4 Å². The first kappa shape index (κ1) is 22.4. The SMILES string of the molecule is CCn1c(CC(=O)Nc2ccccc2C)nnc1SCC(=O)Nc1cccc(OC)c1. The summed E-state index contributed by atoms with van der Waals surface area (Å²) in [6.45, 7) is 4.49. The van der Waals surface area contributed by atoms with Crippen molar-refractivity contribution in [1.29, 1.82) is 0 Å². The Labute approximate surface area is 185 Å². The summed E-state index contributed by atoms with van der Waals surface area (Å²) in [6, 6.07) is 14.8. The molecule has 3 rings (SSSR count). The molecule has 0 atom stereocenters. The minimum Gasteiger partial charge on any atom is -0.497 e. The largest absolute Gasteiger partial charge is 0.497 e. The van der Waals surface area contributed by atoms with Gasteiger partial charge in [-0.15, -0.1) is 10.2 Å². The van der Waals surface area contributed by atoms with Crippen LogP contribution < -0.4 is 15.4 Å². The summed E-state index contributed by atoms with van der Waals surface area (Å²) in [4.78, 5) is 24.8. The Morgan fingerprint density at radius 3 is 2.61 bits per heavy atom. The number of methoxy groups -OCH3 is 1. The molecule has 0 radical (unpaired) electrons. The fourth-order valence-electron chi connectivity index (χ4n) is 2.95. The second kappa shape index (κ2) is 10.6. The van der Waals surface area contributed by atoms with Crippen molar-refractivity contribution >= 4 is 35.0 Å². The summed E-state index contributed by atoms with van der Waals surface area (Å²) in [7, 11) is 1.58. The predicted octanol–water partition coefficient (Wildman–Crippen LogP) is 3.53. The number of benzene rings is 2. The molecule has 9 heteroatoms. The van der Waals surface area contributed by atoms with Crippen LogP contribution in [0, 0.1) is 6.92 Å². The highest BCUT2D eigenvalue weighted by atomic mass is 32.2. The molecule has 0 fully saturated rings. The van der Waals surface area contributed by atoms with E-state index in [0.717, 1.165) is 11.3 Å². The molecule has 0 aliphatic carbocycles. The molecule has 2 amide bonds. The first-order chi connectivity index (χ1) is 15.0. The van der Waals surface area contributed by atoms with Gasteiger partial charge in [0.25, 0.3) is 0 Å². The molecule has 162 valence electrons. The highest BCUT2D eigenvalue weighted by molar-refractivity contribution is 7.99. The van der Waals surface area contributed by atoms with Crippen molar-refractivity contribution in [1.82, 2.24) is 14.8 Å². The first-order valence-electron chi connectivity index (χ1n) is 9.84. The minimum absolute atomic E-state index is 0.103. The number of nitrogens with one attached hydrogen (secondary N) is 2. The van der Waals surface area contributed by atoms with Crippen LogP contribution in [0.15, 0.2) is 53.7 Å². The molecule has 0 saturated heterocycles. The molecule has 1 heterocycles. The van der Waals surface area contributed by atoms with Crippen LogP contribution in [-0.4, -0.2) is 39.4 Å². The van der Waals surface area contributed by atoms with Crippen LogP contribution >= 0.6 is 11.8 Å². The number of hydrogen-bond donors (Lipinski definition) is 2. The van der Waals surface area contributed by atoms with E-state index in [1.807, 2.05) is 54.8 Å². The van der Waals surface area contributed by atoms with Crippen molar-refractivity contribution in [2.24, 2.45) is 0 Å². The molecule has 0 saturated carbocycles. The maximum atomic E-state index is 12.5. The van der Waals surface area contributed by atoms with Crippen LogP contribution in [0.5, 0.6) is 5.75 Å². The van der Waals surface area contributed by atoms with Gasteiger partial charge in [0.1, 0.15) is 11.6 Å². The lowest BCUT2D eigenvalue weighted by molar-refractivity contribution is -0.116. The number of aryl methyl sites for hydroxylation is 1. The molecule has 2 aromatic carbocycles. The topological polar surface area (TPSA) is 98.1 Å². The molecule has 0 spiro atoms. The lowest BCUT2D eigenvalue weighted by atomic mass is 10.2. The smallest absolute Gasteiger partial charge is 0.234 e. The van der Waals surface area contributed by atoms with Crippen molar-refractivity contribution in [3.8, 4) is 5.75 Å². The molecule has 0 bridgehead atoms.